The fourth-order valence-electron chi connectivity index (χ4n) is 1.82. The molecule has 0 aromatic heterocycles. The molecule has 2 aromatic carbocycles. The van der Waals surface area contributed by atoms with Gasteiger partial charge < -0.3 is 10.5 Å². The Hall–Kier alpha value is -2.05. The molecule has 2 aromatic rings. The second-order valence-corrected chi connectivity index (χ2v) is 6.37. The van der Waals surface area contributed by atoms with E-state index in [4.69, 9.17) is 10.5 Å². The van der Waals surface area contributed by atoms with Crippen LogP contribution in [0.2, 0.25) is 0 Å². The van der Waals surface area contributed by atoms with Gasteiger partial charge in [0.1, 0.15) is 5.75 Å². The van der Waals surface area contributed by atoms with Crippen LogP contribution in [-0.4, -0.2) is 15.5 Å². The molecule has 21 heavy (non-hydrogen) atoms. The summed E-state index contributed by atoms with van der Waals surface area (Å²) in [6, 6.07) is 13.1. The lowest BCUT2D eigenvalue weighted by Gasteiger charge is -2.10. The Balaban J connectivity index is 2.19. The average molecular weight is 306 g/mol. The third-order valence-electron chi connectivity index (χ3n) is 3.06. The highest BCUT2D eigenvalue weighted by molar-refractivity contribution is 7.92. The van der Waals surface area contributed by atoms with E-state index >= 15 is 0 Å². The number of ether oxygens (including phenoxy) is 1. The summed E-state index contributed by atoms with van der Waals surface area (Å²) in [6.07, 6.45) is 0. The number of benzene rings is 2. The standard InChI is InChI=1S/C15H18N2O3S/c1-11(16)12-3-5-13(6-4-12)17-21(18,19)15-9-7-14(20-2)8-10-15/h3-11,17H,16H2,1-2H3. The van der Waals surface area contributed by atoms with Crippen molar-refractivity contribution in [2.75, 3.05) is 11.8 Å². The second kappa shape index (κ2) is 6.15. The lowest BCUT2D eigenvalue weighted by Crippen LogP contribution is -2.13. The van der Waals surface area contributed by atoms with Gasteiger partial charge in [-0.05, 0) is 48.9 Å². The van der Waals surface area contributed by atoms with Gasteiger partial charge in [-0.15, -0.1) is 0 Å². The van der Waals surface area contributed by atoms with Crippen molar-refractivity contribution in [3.05, 3.63) is 54.1 Å². The van der Waals surface area contributed by atoms with Crippen LogP contribution in [0.15, 0.2) is 53.4 Å². The largest absolute Gasteiger partial charge is 0.497 e. The normalized spacial score (nSPS) is 12.7. The SMILES string of the molecule is COc1ccc(S(=O)(=O)Nc2ccc(C(C)N)cc2)cc1. The number of anilines is 1. The molecule has 0 aliphatic rings. The number of rotatable bonds is 5. The maximum Gasteiger partial charge on any atom is 0.261 e. The molecule has 0 saturated heterocycles. The lowest BCUT2D eigenvalue weighted by atomic mass is 10.1. The second-order valence-electron chi connectivity index (χ2n) is 4.69. The highest BCUT2D eigenvalue weighted by Crippen LogP contribution is 2.20. The summed E-state index contributed by atoms with van der Waals surface area (Å²) in [5.74, 6) is 0.607. The van der Waals surface area contributed by atoms with Crippen LogP contribution in [0.25, 0.3) is 0 Å². The molecule has 0 amide bonds. The van der Waals surface area contributed by atoms with E-state index in [1.165, 1.54) is 19.2 Å². The van der Waals surface area contributed by atoms with Gasteiger partial charge in [0.05, 0.1) is 12.0 Å². The Morgan fingerprint density at radius 2 is 1.62 bits per heavy atom. The molecule has 0 radical (unpaired) electrons. The number of nitrogens with two attached hydrogens (primary N) is 1. The highest BCUT2D eigenvalue weighted by Gasteiger charge is 2.14. The van der Waals surface area contributed by atoms with E-state index in [0.717, 1.165) is 5.56 Å². The predicted octanol–water partition coefficient (Wildman–Crippen LogP) is 2.52. The smallest absolute Gasteiger partial charge is 0.261 e. The van der Waals surface area contributed by atoms with Crippen LogP contribution in [0.5, 0.6) is 5.75 Å². The molecule has 2 rings (SSSR count). The van der Waals surface area contributed by atoms with Crippen molar-refractivity contribution in [3.63, 3.8) is 0 Å². The van der Waals surface area contributed by atoms with Crippen LogP contribution in [0.4, 0.5) is 5.69 Å². The summed E-state index contributed by atoms with van der Waals surface area (Å²) < 4.78 is 32.0. The first-order valence-electron chi connectivity index (χ1n) is 6.45. The Labute approximate surface area is 124 Å². The average Bonchev–Trinajstić information content (AvgIpc) is 2.47. The molecule has 0 fully saturated rings. The van der Waals surface area contributed by atoms with Gasteiger partial charge in [-0.25, -0.2) is 8.42 Å². The van der Waals surface area contributed by atoms with Crippen LogP contribution in [0.1, 0.15) is 18.5 Å². The summed E-state index contributed by atoms with van der Waals surface area (Å²) >= 11 is 0. The van der Waals surface area contributed by atoms with Crippen molar-refractivity contribution in [1.29, 1.82) is 0 Å². The van der Waals surface area contributed by atoms with E-state index in [1.807, 2.05) is 6.92 Å². The predicted molar refractivity (Wildman–Crippen MR) is 82.8 cm³/mol. The van der Waals surface area contributed by atoms with Crippen molar-refractivity contribution in [2.24, 2.45) is 5.73 Å². The van der Waals surface area contributed by atoms with Gasteiger partial charge in [0.25, 0.3) is 10.0 Å². The van der Waals surface area contributed by atoms with Gasteiger partial charge in [0.15, 0.2) is 0 Å². The van der Waals surface area contributed by atoms with Gasteiger partial charge >= 0.3 is 0 Å². The first-order valence-corrected chi connectivity index (χ1v) is 7.93. The van der Waals surface area contributed by atoms with Crippen LogP contribution in [0.3, 0.4) is 0 Å². The van der Waals surface area contributed by atoms with Gasteiger partial charge in [0, 0.05) is 11.7 Å². The third-order valence-corrected chi connectivity index (χ3v) is 4.46. The van der Waals surface area contributed by atoms with Crippen molar-refractivity contribution in [2.45, 2.75) is 17.9 Å². The number of methoxy groups -OCH3 is 1. The summed E-state index contributed by atoms with van der Waals surface area (Å²) in [4.78, 5) is 0.180. The van der Waals surface area contributed by atoms with Gasteiger partial charge in [-0.3, -0.25) is 4.72 Å². The first kappa shape index (κ1) is 15.3. The molecule has 0 bridgehead atoms. The maximum absolute atomic E-state index is 12.2. The molecular formula is C15H18N2O3S. The monoisotopic (exact) mass is 306 g/mol. The Kier molecular flexibility index (Phi) is 4.50. The number of nitrogens with one attached hydrogen (secondary N) is 1. The summed E-state index contributed by atoms with van der Waals surface area (Å²) in [6.45, 7) is 1.87. The molecule has 5 nitrogen and oxygen atoms in total. The van der Waals surface area contributed by atoms with Crippen molar-refractivity contribution < 1.29 is 13.2 Å². The highest BCUT2D eigenvalue weighted by atomic mass is 32.2. The maximum atomic E-state index is 12.2. The van der Waals surface area contributed by atoms with Gasteiger partial charge in [-0.1, -0.05) is 12.1 Å². The zero-order valence-corrected chi connectivity index (χ0v) is 12.7. The Bertz CT molecular complexity index is 693. The fraction of sp³-hybridized carbons (Fsp3) is 0.200. The minimum Gasteiger partial charge on any atom is -0.497 e. The van der Waals surface area contributed by atoms with Crippen molar-refractivity contribution in [1.82, 2.24) is 0 Å². The topological polar surface area (TPSA) is 81.4 Å². The lowest BCUT2D eigenvalue weighted by molar-refractivity contribution is 0.414. The van der Waals surface area contributed by atoms with E-state index in [9.17, 15) is 8.42 Å². The molecule has 0 aliphatic heterocycles. The van der Waals surface area contributed by atoms with Crippen LogP contribution < -0.4 is 15.2 Å². The van der Waals surface area contributed by atoms with Crippen molar-refractivity contribution >= 4 is 15.7 Å². The minimum atomic E-state index is -3.61. The zero-order valence-electron chi connectivity index (χ0n) is 11.9. The number of sulfonamides is 1. The van der Waals surface area contributed by atoms with E-state index in [-0.39, 0.29) is 10.9 Å². The van der Waals surface area contributed by atoms with E-state index in [1.54, 1.807) is 36.4 Å². The number of hydrogen-bond acceptors (Lipinski definition) is 4. The van der Waals surface area contributed by atoms with Crippen LogP contribution in [-0.2, 0) is 10.0 Å². The van der Waals surface area contributed by atoms with Crippen LogP contribution in [0, 0.1) is 0 Å². The Morgan fingerprint density at radius 3 is 2.10 bits per heavy atom. The van der Waals surface area contributed by atoms with Crippen molar-refractivity contribution in [3.8, 4) is 5.75 Å². The summed E-state index contributed by atoms with van der Waals surface area (Å²) in [7, 11) is -2.08. The minimum absolute atomic E-state index is 0.0859. The molecule has 1 unspecified atom stereocenters. The molecule has 0 aliphatic carbocycles. The molecule has 6 heteroatoms. The zero-order chi connectivity index (χ0) is 15.5. The van der Waals surface area contributed by atoms with E-state index < -0.39 is 10.0 Å². The molecule has 1 atom stereocenters. The van der Waals surface area contributed by atoms with E-state index in [2.05, 4.69) is 4.72 Å². The van der Waals surface area contributed by atoms with Gasteiger partial charge in [-0.2, -0.15) is 0 Å². The molecule has 3 N–H and O–H groups in total. The molecule has 0 heterocycles. The number of hydrogen-bond donors (Lipinski definition) is 2. The quantitative estimate of drug-likeness (QED) is 0.889. The molecule has 0 spiro atoms. The molecule has 0 saturated carbocycles. The van der Waals surface area contributed by atoms with E-state index in [0.29, 0.717) is 11.4 Å². The summed E-state index contributed by atoms with van der Waals surface area (Å²) in [5.41, 5.74) is 7.20. The van der Waals surface area contributed by atoms with Crippen LogP contribution >= 0.6 is 0 Å². The molecule has 112 valence electrons. The Morgan fingerprint density at radius 1 is 1.05 bits per heavy atom. The third kappa shape index (κ3) is 3.74. The summed E-state index contributed by atoms with van der Waals surface area (Å²) in [5, 5.41) is 0. The first-order chi connectivity index (χ1) is 9.92. The molecular weight excluding hydrogens is 288 g/mol. The van der Waals surface area contributed by atoms with Gasteiger partial charge in [0.2, 0.25) is 0 Å². The fourth-order valence-corrected chi connectivity index (χ4v) is 2.88.